The highest BCUT2D eigenvalue weighted by Gasteiger charge is 2.29. The fourth-order valence-electron chi connectivity index (χ4n) is 2.73. The fraction of sp³-hybridized carbons (Fsp3) is 0.692. The van der Waals surface area contributed by atoms with Crippen molar-refractivity contribution in [1.29, 1.82) is 0 Å². The van der Waals surface area contributed by atoms with Crippen LogP contribution < -0.4 is 10.2 Å². The maximum Gasteiger partial charge on any atom is 0.137 e. The van der Waals surface area contributed by atoms with Crippen LogP contribution in [0.5, 0.6) is 0 Å². The Bertz CT molecular complexity index is 389. The lowest BCUT2D eigenvalue weighted by molar-refractivity contribution is 0.489. The molecule has 1 aromatic rings. The van der Waals surface area contributed by atoms with E-state index in [0.29, 0.717) is 12.0 Å². The Morgan fingerprint density at radius 1 is 1.41 bits per heavy atom. The normalized spacial score (nSPS) is 20.1. The molecule has 0 bridgehead atoms. The average Bonchev–Trinajstić information content (AvgIpc) is 2.78. The number of nitrogens with one attached hydrogen (secondary N) is 1. The molecule has 1 fully saturated rings. The standard InChI is InChI=1S/C13H22N4/c1-9(2)11-6-5-7-17(11)13-10(3)12(14-4)15-8-16-13/h8-9,11H,5-7H2,1-4H3,(H,14,15,16). The molecule has 2 heterocycles. The second-order valence-corrected chi connectivity index (χ2v) is 5.07. The maximum atomic E-state index is 4.48. The molecule has 0 aromatic carbocycles. The highest BCUT2D eigenvalue weighted by atomic mass is 15.2. The molecule has 0 aliphatic carbocycles. The van der Waals surface area contributed by atoms with Crippen LogP contribution in [0, 0.1) is 12.8 Å². The molecule has 94 valence electrons. The molecular weight excluding hydrogens is 212 g/mol. The van der Waals surface area contributed by atoms with Crippen LogP contribution >= 0.6 is 0 Å². The summed E-state index contributed by atoms with van der Waals surface area (Å²) in [6.45, 7) is 7.79. The summed E-state index contributed by atoms with van der Waals surface area (Å²) in [6.07, 6.45) is 4.20. The Morgan fingerprint density at radius 2 is 2.18 bits per heavy atom. The van der Waals surface area contributed by atoms with E-state index in [1.807, 2.05) is 7.05 Å². The van der Waals surface area contributed by atoms with Gasteiger partial charge in [-0.05, 0) is 25.7 Å². The Kier molecular flexibility index (Phi) is 3.50. The second-order valence-electron chi connectivity index (χ2n) is 5.07. The number of anilines is 2. The van der Waals surface area contributed by atoms with E-state index in [1.165, 1.54) is 12.8 Å². The number of rotatable bonds is 3. The van der Waals surface area contributed by atoms with Gasteiger partial charge in [0, 0.05) is 25.2 Å². The van der Waals surface area contributed by atoms with E-state index in [1.54, 1.807) is 6.33 Å². The molecule has 17 heavy (non-hydrogen) atoms. The molecule has 4 heteroatoms. The van der Waals surface area contributed by atoms with Crippen LogP contribution in [0.15, 0.2) is 6.33 Å². The molecule has 0 amide bonds. The molecule has 1 aromatic heterocycles. The molecule has 0 spiro atoms. The average molecular weight is 234 g/mol. The van der Waals surface area contributed by atoms with Crippen molar-refractivity contribution in [2.45, 2.75) is 39.7 Å². The van der Waals surface area contributed by atoms with Gasteiger partial charge in [-0.3, -0.25) is 0 Å². The van der Waals surface area contributed by atoms with E-state index >= 15 is 0 Å². The highest BCUT2D eigenvalue weighted by Crippen LogP contribution is 2.31. The Hall–Kier alpha value is -1.32. The molecule has 4 nitrogen and oxygen atoms in total. The zero-order valence-electron chi connectivity index (χ0n) is 11.2. The van der Waals surface area contributed by atoms with E-state index in [4.69, 9.17) is 0 Å². The van der Waals surface area contributed by atoms with Gasteiger partial charge >= 0.3 is 0 Å². The predicted molar refractivity (Wildman–Crippen MR) is 71.5 cm³/mol. The van der Waals surface area contributed by atoms with Crippen molar-refractivity contribution in [3.05, 3.63) is 11.9 Å². The number of hydrogen-bond donors (Lipinski definition) is 1. The summed E-state index contributed by atoms with van der Waals surface area (Å²) in [4.78, 5) is 11.2. The van der Waals surface area contributed by atoms with Crippen LogP contribution in [-0.2, 0) is 0 Å². The number of hydrogen-bond acceptors (Lipinski definition) is 4. The topological polar surface area (TPSA) is 41.1 Å². The van der Waals surface area contributed by atoms with Gasteiger partial charge in [-0.2, -0.15) is 0 Å². The summed E-state index contributed by atoms with van der Waals surface area (Å²) >= 11 is 0. The maximum absolute atomic E-state index is 4.48. The summed E-state index contributed by atoms with van der Waals surface area (Å²) in [5.74, 6) is 2.70. The lowest BCUT2D eigenvalue weighted by Gasteiger charge is -2.30. The SMILES string of the molecule is CNc1ncnc(N2CCCC2C(C)C)c1C. The van der Waals surface area contributed by atoms with Gasteiger partial charge in [0.15, 0.2) is 0 Å². The van der Waals surface area contributed by atoms with Crippen LogP contribution in [0.2, 0.25) is 0 Å². The quantitative estimate of drug-likeness (QED) is 0.872. The summed E-state index contributed by atoms with van der Waals surface area (Å²) in [5.41, 5.74) is 1.16. The Morgan fingerprint density at radius 3 is 2.82 bits per heavy atom. The van der Waals surface area contributed by atoms with Crippen molar-refractivity contribution in [2.24, 2.45) is 5.92 Å². The minimum atomic E-state index is 0.619. The van der Waals surface area contributed by atoms with Crippen molar-refractivity contribution in [3.8, 4) is 0 Å². The molecule has 1 saturated heterocycles. The van der Waals surface area contributed by atoms with Crippen molar-refractivity contribution in [1.82, 2.24) is 9.97 Å². The molecule has 1 N–H and O–H groups in total. The fourth-order valence-corrected chi connectivity index (χ4v) is 2.73. The van der Waals surface area contributed by atoms with Crippen LogP contribution in [0.25, 0.3) is 0 Å². The molecule has 1 unspecified atom stereocenters. The third-order valence-corrected chi connectivity index (χ3v) is 3.64. The monoisotopic (exact) mass is 234 g/mol. The van der Waals surface area contributed by atoms with E-state index in [9.17, 15) is 0 Å². The summed E-state index contributed by atoms with van der Waals surface area (Å²) in [6, 6.07) is 0.619. The van der Waals surface area contributed by atoms with Gasteiger partial charge in [0.25, 0.3) is 0 Å². The highest BCUT2D eigenvalue weighted by molar-refractivity contribution is 5.58. The van der Waals surface area contributed by atoms with E-state index in [-0.39, 0.29) is 0 Å². The Labute approximate surface area is 103 Å². The lowest BCUT2D eigenvalue weighted by Crippen LogP contribution is -2.34. The smallest absolute Gasteiger partial charge is 0.137 e. The first-order valence-corrected chi connectivity index (χ1v) is 6.41. The first kappa shape index (κ1) is 12.1. The van der Waals surface area contributed by atoms with Crippen LogP contribution in [-0.4, -0.2) is 29.6 Å². The van der Waals surface area contributed by atoms with Crippen molar-refractivity contribution in [3.63, 3.8) is 0 Å². The van der Waals surface area contributed by atoms with E-state index < -0.39 is 0 Å². The molecular formula is C13H22N4. The van der Waals surface area contributed by atoms with Crippen LogP contribution in [0.4, 0.5) is 11.6 Å². The minimum absolute atomic E-state index is 0.619. The van der Waals surface area contributed by atoms with Gasteiger partial charge in [0.2, 0.25) is 0 Å². The predicted octanol–water partition coefficient (Wildman–Crippen LogP) is 2.45. The lowest BCUT2D eigenvalue weighted by atomic mass is 10.0. The van der Waals surface area contributed by atoms with Gasteiger partial charge in [-0.1, -0.05) is 13.8 Å². The third-order valence-electron chi connectivity index (χ3n) is 3.64. The number of aromatic nitrogens is 2. The summed E-state index contributed by atoms with van der Waals surface area (Å²) in [7, 11) is 1.91. The molecule has 1 aliphatic rings. The van der Waals surface area contributed by atoms with Crippen molar-refractivity contribution >= 4 is 11.6 Å². The molecule has 0 saturated carbocycles. The summed E-state index contributed by atoms with van der Waals surface area (Å²) in [5, 5.41) is 3.13. The van der Waals surface area contributed by atoms with Gasteiger partial charge in [-0.25, -0.2) is 9.97 Å². The molecule has 1 aliphatic heterocycles. The third kappa shape index (κ3) is 2.21. The van der Waals surface area contributed by atoms with Gasteiger partial charge in [-0.15, -0.1) is 0 Å². The van der Waals surface area contributed by atoms with Gasteiger partial charge in [0.1, 0.15) is 18.0 Å². The largest absolute Gasteiger partial charge is 0.373 e. The van der Waals surface area contributed by atoms with Crippen molar-refractivity contribution < 1.29 is 0 Å². The molecule has 0 radical (unpaired) electrons. The molecule has 2 rings (SSSR count). The van der Waals surface area contributed by atoms with Crippen molar-refractivity contribution in [2.75, 3.05) is 23.8 Å². The first-order valence-electron chi connectivity index (χ1n) is 6.41. The van der Waals surface area contributed by atoms with Crippen LogP contribution in [0.1, 0.15) is 32.3 Å². The second kappa shape index (κ2) is 4.90. The van der Waals surface area contributed by atoms with E-state index in [0.717, 1.165) is 23.7 Å². The Balaban J connectivity index is 2.33. The number of nitrogens with zero attached hydrogens (tertiary/aromatic N) is 3. The first-order chi connectivity index (χ1) is 8.15. The minimum Gasteiger partial charge on any atom is -0.373 e. The zero-order valence-corrected chi connectivity index (χ0v) is 11.2. The van der Waals surface area contributed by atoms with Crippen LogP contribution in [0.3, 0.4) is 0 Å². The molecule has 1 atom stereocenters. The van der Waals surface area contributed by atoms with E-state index in [2.05, 4.69) is 41.0 Å². The zero-order chi connectivity index (χ0) is 12.4. The van der Waals surface area contributed by atoms with Gasteiger partial charge < -0.3 is 10.2 Å². The summed E-state index contributed by atoms with van der Waals surface area (Å²) < 4.78 is 0. The van der Waals surface area contributed by atoms with Gasteiger partial charge in [0.05, 0.1) is 0 Å².